The predicted molar refractivity (Wildman–Crippen MR) is 68.7 cm³/mol. The number of hydrogen-bond donors (Lipinski definition) is 1. The van der Waals surface area contributed by atoms with Gasteiger partial charge in [0.25, 0.3) is 11.8 Å². The molecule has 102 valence electrons. The molecule has 1 aliphatic rings. The molecule has 1 aromatic rings. The second-order valence-electron chi connectivity index (χ2n) is 4.58. The summed E-state index contributed by atoms with van der Waals surface area (Å²) in [5.74, 6) is -0.966. The maximum absolute atomic E-state index is 12.3. The van der Waals surface area contributed by atoms with Crippen LogP contribution < -0.4 is 5.73 Å². The molecule has 1 unspecified atom stereocenters. The number of likely N-dealkylation sites (N-methyl/N-ethyl adjacent to an activating group) is 1. The van der Waals surface area contributed by atoms with Gasteiger partial charge in [-0.15, -0.1) is 0 Å². The first-order valence-electron chi connectivity index (χ1n) is 6.21. The van der Waals surface area contributed by atoms with Crippen LogP contribution in [0.2, 0.25) is 0 Å². The second kappa shape index (κ2) is 5.79. The minimum absolute atomic E-state index is 0.0645. The number of rotatable bonds is 4. The maximum atomic E-state index is 12.3. The first-order valence-corrected chi connectivity index (χ1v) is 6.21. The number of hydrogen-bond acceptors (Lipinski definition) is 4. The number of pyridine rings is 1. The third kappa shape index (κ3) is 3.08. The van der Waals surface area contributed by atoms with Crippen molar-refractivity contribution < 1.29 is 14.3 Å². The minimum Gasteiger partial charge on any atom is -0.376 e. The summed E-state index contributed by atoms with van der Waals surface area (Å²) in [6.45, 7) is 1.23. The zero-order chi connectivity index (χ0) is 13.8. The Bertz CT molecular complexity index is 484. The smallest absolute Gasteiger partial charge is 0.273 e. The first-order chi connectivity index (χ1) is 9.09. The van der Waals surface area contributed by atoms with Gasteiger partial charge >= 0.3 is 0 Å². The summed E-state index contributed by atoms with van der Waals surface area (Å²) in [6.07, 6.45) is 3.50. The minimum atomic E-state index is -0.651. The molecule has 1 aliphatic heterocycles. The Kier molecular flexibility index (Phi) is 4.11. The first kappa shape index (κ1) is 13.5. The summed E-state index contributed by atoms with van der Waals surface area (Å²) in [5.41, 5.74) is 5.48. The van der Waals surface area contributed by atoms with Crippen LogP contribution in [-0.2, 0) is 4.74 Å². The van der Waals surface area contributed by atoms with Gasteiger partial charge in [-0.25, -0.2) is 0 Å². The van der Waals surface area contributed by atoms with Crippen molar-refractivity contribution in [2.45, 2.75) is 18.9 Å². The highest BCUT2D eigenvalue weighted by Gasteiger charge is 2.24. The Morgan fingerprint density at radius 3 is 3.00 bits per heavy atom. The van der Waals surface area contributed by atoms with Crippen molar-refractivity contribution in [3.8, 4) is 0 Å². The Labute approximate surface area is 111 Å². The van der Waals surface area contributed by atoms with Crippen molar-refractivity contribution in [2.24, 2.45) is 5.73 Å². The van der Waals surface area contributed by atoms with E-state index in [1.165, 1.54) is 17.2 Å². The van der Waals surface area contributed by atoms with Crippen molar-refractivity contribution in [2.75, 3.05) is 20.2 Å². The molecular formula is C13H17N3O3. The largest absolute Gasteiger partial charge is 0.376 e. The van der Waals surface area contributed by atoms with Crippen molar-refractivity contribution in [1.29, 1.82) is 0 Å². The Morgan fingerprint density at radius 2 is 2.37 bits per heavy atom. The van der Waals surface area contributed by atoms with Gasteiger partial charge in [0.1, 0.15) is 5.69 Å². The van der Waals surface area contributed by atoms with E-state index in [0.717, 1.165) is 19.4 Å². The number of amides is 2. The van der Waals surface area contributed by atoms with Crippen LogP contribution in [0.5, 0.6) is 0 Å². The van der Waals surface area contributed by atoms with E-state index in [1.54, 1.807) is 13.1 Å². The molecule has 2 N–H and O–H groups in total. The lowest BCUT2D eigenvalue weighted by molar-refractivity contribution is 0.0580. The summed E-state index contributed by atoms with van der Waals surface area (Å²) >= 11 is 0. The van der Waals surface area contributed by atoms with Gasteiger partial charge < -0.3 is 15.4 Å². The SMILES string of the molecule is CN(CC1CCCO1)C(=O)c1ncccc1C(N)=O. The normalized spacial score (nSPS) is 18.3. The lowest BCUT2D eigenvalue weighted by Crippen LogP contribution is -2.35. The molecule has 2 rings (SSSR count). The molecule has 0 aliphatic carbocycles. The third-order valence-corrected chi connectivity index (χ3v) is 3.12. The lowest BCUT2D eigenvalue weighted by atomic mass is 10.1. The highest BCUT2D eigenvalue weighted by atomic mass is 16.5. The highest BCUT2D eigenvalue weighted by molar-refractivity contribution is 6.05. The average Bonchev–Trinajstić information content (AvgIpc) is 2.90. The van der Waals surface area contributed by atoms with Crippen molar-refractivity contribution in [1.82, 2.24) is 9.88 Å². The van der Waals surface area contributed by atoms with E-state index < -0.39 is 5.91 Å². The molecule has 1 aromatic heterocycles. The molecule has 6 heteroatoms. The van der Waals surface area contributed by atoms with Crippen molar-refractivity contribution >= 4 is 11.8 Å². The van der Waals surface area contributed by atoms with E-state index in [4.69, 9.17) is 10.5 Å². The van der Waals surface area contributed by atoms with Crippen molar-refractivity contribution in [3.05, 3.63) is 29.6 Å². The Morgan fingerprint density at radius 1 is 1.58 bits per heavy atom. The van der Waals surface area contributed by atoms with E-state index in [9.17, 15) is 9.59 Å². The molecule has 1 fully saturated rings. The van der Waals surface area contributed by atoms with Crippen LogP contribution in [-0.4, -0.2) is 48.0 Å². The van der Waals surface area contributed by atoms with Gasteiger partial charge in [-0.3, -0.25) is 14.6 Å². The Balaban J connectivity index is 2.12. The van der Waals surface area contributed by atoms with Gasteiger partial charge in [0, 0.05) is 26.4 Å². The summed E-state index contributed by atoms with van der Waals surface area (Å²) < 4.78 is 5.48. The molecule has 2 heterocycles. The zero-order valence-corrected chi connectivity index (χ0v) is 10.8. The van der Waals surface area contributed by atoms with E-state index in [0.29, 0.717) is 6.54 Å². The van der Waals surface area contributed by atoms with Crippen LogP contribution in [0.1, 0.15) is 33.7 Å². The number of nitrogens with two attached hydrogens (primary N) is 1. The summed E-state index contributed by atoms with van der Waals surface area (Å²) in [6, 6.07) is 3.08. The number of nitrogens with zero attached hydrogens (tertiary/aromatic N) is 2. The summed E-state index contributed by atoms with van der Waals surface area (Å²) in [4.78, 5) is 29.0. The average molecular weight is 263 g/mol. The van der Waals surface area contributed by atoms with Crippen LogP contribution in [0.4, 0.5) is 0 Å². The van der Waals surface area contributed by atoms with Crippen LogP contribution >= 0.6 is 0 Å². The van der Waals surface area contributed by atoms with Crippen LogP contribution in [0, 0.1) is 0 Å². The summed E-state index contributed by atoms with van der Waals surface area (Å²) in [5, 5.41) is 0. The fourth-order valence-corrected chi connectivity index (χ4v) is 2.13. The van der Waals surface area contributed by atoms with E-state index in [2.05, 4.69) is 4.98 Å². The highest BCUT2D eigenvalue weighted by Crippen LogP contribution is 2.14. The molecule has 0 spiro atoms. The monoisotopic (exact) mass is 263 g/mol. The molecule has 6 nitrogen and oxygen atoms in total. The molecule has 19 heavy (non-hydrogen) atoms. The molecule has 0 saturated carbocycles. The van der Waals surface area contributed by atoms with Gasteiger partial charge in [-0.1, -0.05) is 0 Å². The fraction of sp³-hybridized carbons (Fsp3) is 0.462. The number of carbonyl (C=O) groups excluding carboxylic acids is 2. The molecule has 1 atom stereocenters. The number of primary amides is 1. The molecule has 0 aromatic carbocycles. The predicted octanol–water partition coefficient (Wildman–Crippen LogP) is 0.431. The van der Waals surface area contributed by atoms with Gasteiger partial charge in [0.05, 0.1) is 11.7 Å². The summed E-state index contributed by atoms with van der Waals surface area (Å²) in [7, 11) is 1.67. The van der Waals surface area contributed by atoms with Crippen LogP contribution in [0.25, 0.3) is 0 Å². The fourth-order valence-electron chi connectivity index (χ4n) is 2.13. The van der Waals surface area contributed by atoms with Crippen LogP contribution in [0.3, 0.4) is 0 Å². The number of aromatic nitrogens is 1. The second-order valence-corrected chi connectivity index (χ2v) is 4.58. The zero-order valence-electron chi connectivity index (χ0n) is 10.8. The molecular weight excluding hydrogens is 246 g/mol. The van der Waals surface area contributed by atoms with Gasteiger partial charge in [0.15, 0.2) is 0 Å². The van der Waals surface area contributed by atoms with Crippen molar-refractivity contribution in [3.63, 3.8) is 0 Å². The van der Waals surface area contributed by atoms with Gasteiger partial charge in [-0.05, 0) is 25.0 Å². The van der Waals surface area contributed by atoms with Gasteiger partial charge in [-0.2, -0.15) is 0 Å². The van der Waals surface area contributed by atoms with Gasteiger partial charge in [0.2, 0.25) is 0 Å². The topological polar surface area (TPSA) is 85.5 Å². The van der Waals surface area contributed by atoms with E-state index in [-0.39, 0.29) is 23.3 Å². The quantitative estimate of drug-likeness (QED) is 0.853. The molecule has 1 saturated heterocycles. The molecule has 2 amide bonds. The lowest BCUT2D eigenvalue weighted by Gasteiger charge is -2.21. The molecule has 0 radical (unpaired) electrons. The maximum Gasteiger partial charge on any atom is 0.273 e. The molecule has 0 bridgehead atoms. The third-order valence-electron chi connectivity index (χ3n) is 3.12. The number of carbonyl (C=O) groups is 2. The van der Waals surface area contributed by atoms with Crippen LogP contribution in [0.15, 0.2) is 18.3 Å². The van der Waals surface area contributed by atoms with E-state index in [1.807, 2.05) is 0 Å². The Hall–Kier alpha value is -1.95. The standard InChI is InChI=1S/C13H17N3O3/c1-16(8-9-4-3-7-19-9)13(18)11-10(12(14)17)5-2-6-15-11/h2,5-6,9H,3-4,7-8H2,1H3,(H2,14,17). The number of ether oxygens (including phenoxy) is 1. The van der Waals surface area contributed by atoms with E-state index >= 15 is 0 Å².